The number of hydrogen-bond donors (Lipinski definition) is 1. The van der Waals surface area contributed by atoms with Crippen molar-refractivity contribution in [2.45, 2.75) is 43.9 Å². The Kier molecular flexibility index (Phi) is 4.95. The van der Waals surface area contributed by atoms with Crippen LogP contribution in [0.2, 0.25) is 0 Å². The van der Waals surface area contributed by atoms with Crippen LogP contribution in [-0.2, 0) is 0 Å². The predicted molar refractivity (Wildman–Crippen MR) is 75.3 cm³/mol. The molecule has 6 heteroatoms. The molecule has 0 saturated carbocycles. The van der Waals surface area contributed by atoms with E-state index < -0.39 is 0 Å². The molecular weight excluding hydrogens is 250 g/mol. The van der Waals surface area contributed by atoms with Crippen molar-refractivity contribution in [2.75, 3.05) is 11.9 Å². The van der Waals surface area contributed by atoms with E-state index in [-0.39, 0.29) is 15.4 Å². The first-order valence-corrected chi connectivity index (χ1v) is 6.73. The zero-order valence-electron chi connectivity index (χ0n) is 11.2. The molecule has 0 unspecified atom stereocenters. The fourth-order valence-electron chi connectivity index (χ4n) is 1.31. The van der Waals surface area contributed by atoms with Crippen molar-refractivity contribution >= 4 is 23.3 Å². The average molecular weight is 269 g/mol. The van der Waals surface area contributed by atoms with Crippen LogP contribution in [0.3, 0.4) is 0 Å². The van der Waals surface area contributed by atoms with Gasteiger partial charge in [0.25, 0.3) is 5.69 Å². The van der Waals surface area contributed by atoms with Crippen molar-refractivity contribution in [3.8, 4) is 0 Å². The van der Waals surface area contributed by atoms with E-state index >= 15 is 0 Å². The first-order chi connectivity index (χ1) is 8.31. The molecule has 0 spiro atoms. The average Bonchev–Trinajstić information content (AvgIpc) is 2.23. The molecule has 0 aliphatic rings. The van der Waals surface area contributed by atoms with Crippen molar-refractivity contribution in [1.29, 1.82) is 0 Å². The zero-order chi connectivity index (χ0) is 13.8. The second-order valence-electron chi connectivity index (χ2n) is 4.95. The molecule has 0 aliphatic carbocycles. The van der Waals surface area contributed by atoms with Crippen LogP contribution in [0.25, 0.3) is 0 Å². The summed E-state index contributed by atoms with van der Waals surface area (Å²) in [5.74, 6) is 0.567. The molecule has 5 nitrogen and oxygen atoms in total. The normalized spacial score (nSPS) is 11.3. The summed E-state index contributed by atoms with van der Waals surface area (Å²) in [4.78, 5) is 14.9. The second kappa shape index (κ2) is 6.04. The van der Waals surface area contributed by atoms with E-state index in [2.05, 4.69) is 31.1 Å². The maximum atomic E-state index is 10.9. The van der Waals surface area contributed by atoms with Crippen LogP contribution in [0.1, 0.15) is 34.1 Å². The third-order valence-electron chi connectivity index (χ3n) is 1.96. The summed E-state index contributed by atoms with van der Waals surface area (Å²) in [6.45, 7) is 8.95. The molecule has 0 aromatic carbocycles. The highest BCUT2D eigenvalue weighted by molar-refractivity contribution is 8.00. The van der Waals surface area contributed by atoms with E-state index in [4.69, 9.17) is 0 Å². The molecule has 0 bridgehead atoms. The highest BCUT2D eigenvalue weighted by Gasteiger charge is 2.17. The second-order valence-corrected chi connectivity index (χ2v) is 6.79. The van der Waals surface area contributed by atoms with Crippen molar-refractivity contribution in [3.63, 3.8) is 0 Å². The Morgan fingerprint density at radius 1 is 1.44 bits per heavy atom. The minimum atomic E-state index is -0.383. The molecule has 1 heterocycles. The van der Waals surface area contributed by atoms with E-state index in [1.807, 2.05) is 6.92 Å². The van der Waals surface area contributed by atoms with Crippen LogP contribution < -0.4 is 5.32 Å². The summed E-state index contributed by atoms with van der Waals surface area (Å²) in [6, 6.07) is 3.00. The van der Waals surface area contributed by atoms with Gasteiger partial charge in [0.1, 0.15) is 10.8 Å². The SMILES string of the molecule is CCCNc1cc([N+](=O)[O-])cc(SC(C)(C)C)n1. The van der Waals surface area contributed by atoms with Gasteiger partial charge in [-0.25, -0.2) is 4.98 Å². The first-order valence-electron chi connectivity index (χ1n) is 5.91. The molecule has 1 aromatic heterocycles. The smallest absolute Gasteiger partial charge is 0.275 e. The summed E-state index contributed by atoms with van der Waals surface area (Å²) in [7, 11) is 0. The molecular formula is C12H19N3O2S. The molecule has 100 valence electrons. The van der Waals surface area contributed by atoms with Gasteiger partial charge in [0.05, 0.1) is 11.0 Å². The number of anilines is 1. The lowest BCUT2D eigenvalue weighted by atomic mass is 10.3. The molecule has 1 N–H and O–H groups in total. The van der Waals surface area contributed by atoms with Gasteiger partial charge in [-0.3, -0.25) is 10.1 Å². The summed E-state index contributed by atoms with van der Waals surface area (Å²) in [6.07, 6.45) is 0.951. The standard InChI is InChI=1S/C12H19N3O2S/c1-5-6-13-10-7-9(15(16)17)8-11(14-10)18-12(2,3)4/h7-8H,5-6H2,1-4H3,(H,13,14). The molecule has 0 fully saturated rings. The van der Waals surface area contributed by atoms with Gasteiger partial charge in [-0.15, -0.1) is 11.8 Å². The van der Waals surface area contributed by atoms with Crippen LogP contribution in [0, 0.1) is 10.1 Å². The lowest BCUT2D eigenvalue weighted by Gasteiger charge is -2.17. The maximum absolute atomic E-state index is 10.9. The molecule has 1 rings (SSSR count). The van der Waals surface area contributed by atoms with Crippen molar-refractivity contribution in [3.05, 3.63) is 22.2 Å². The van der Waals surface area contributed by atoms with Crippen molar-refractivity contribution in [2.24, 2.45) is 0 Å². The molecule has 18 heavy (non-hydrogen) atoms. The Labute approximate surface area is 112 Å². The van der Waals surface area contributed by atoms with Crippen LogP contribution in [0.15, 0.2) is 17.2 Å². The zero-order valence-corrected chi connectivity index (χ0v) is 12.0. The Hall–Kier alpha value is -1.30. The lowest BCUT2D eigenvalue weighted by molar-refractivity contribution is -0.385. The van der Waals surface area contributed by atoms with Gasteiger partial charge in [0.15, 0.2) is 0 Å². The highest BCUT2D eigenvalue weighted by atomic mass is 32.2. The van der Waals surface area contributed by atoms with Crippen LogP contribution >= 0.6 is 11.8 Å². The number of thioether (sulfide) groups is 1. The molecule has 0 aliphatic heterocycles. The van der Waals surface area contributed by atoms with Crippen LogP contribution in [0.4, 0.5) is 11.5 Å². The molecule has 0 amide bonds. The summed E-state index contributed by atoms with van der Waals surface area (Å²) in [5, 5.41) is 14.6. The Morgan fingerprint density at radius 3 is 2.61 bits per heavy atom. The monoisotopic (exact) mass is 269 g/mol. The molecule has 0 saturated heterocycles. The largest absolute Gasteiger partial charge is 0.370 e. The van der Waals surface area contributed by atoms with Gasteiger partial charge in [0, 0.05) is 17.4 Å². The van der Waals surface area contributed by atoms with Gasteiger partial charge >= 0.3 is 0 Å². The van der Waals surface area contributed by atoms with Crippen LogP contribution in [-0.4, -0.2) is 21.2 Å². The first kappa shape index (κ1) is 14.8. The number of hydrogen-bond acceptors (Lipinski definition) is 5. The van der Waals surface area contributed by atoms with Crippen molar-refractivity contribution in [1.82, 2.24) is 4.98 Å². The molecule has 0 radical (unpaired) electrons. The van der Waals surface area contributed by atoms with Gasteiger partial charge in [0.2, 0.25) is 0 Å². The van der Waals surface area contributed by atoms with Crippen LogP contribution in [0.5, 0.6) is 0 Å². The summed E-state index contributed by atoms with van der Waals surface area (Å²) >= 11 is 1.52. The van der Waals surface area contributed by atoms with E-state index in [0.717, 1.165) is 13.0 Å². The third-order valence-corrected chi connectivity index (χ3v) is 2.99. The number of nitro groups is 1. The van der Waals surface area contributed by atoms with E-state index in [1.54, 1.807) is 0 Å². The topological polar surface area (TPSA) is 68.1 Å². The lowest BCUT2D eigenvalue weighted by Crippen LogP contribution is -2.09. The number of rotatable bonds is 5. The Morgan fingerprint density at radius 2 is 2.11 bits per heavy atom. The Bertz CT molecular complexity index is 430. The predicted octanol–water partition coefficient (Wildman–Crippen LogP) is 3.70. The number of aromatic nitrogens is 1. The van der Waals surface area contributed by atoms with E-state index in [9.17, 15) is 10.1 Å². The van der Waals surface area contributed by atoms with E-state index in [1.165, 1.54) is 23.9 Å². The summed E-state index contributed by atoms with van der Waals surface area (Å²) in [5.41, 5.74) is 0.0790. The quantitative estimate of drug-likeness (QED) is 0.501. The number of nitrogens with zero attached hydrogens (tertiary/aromatic N) is 2. The fraction of sp³-hybridized carbons (Fsp3) is 0.583. The fourth-order valence-corrected chi connectivity index (χ4v) is 2.26. The third kappa shape index (κ3) is 4.91. The van der Waals surface area contributed by atoms with E-state index in [0.29, 0.717) is 10.8 Å². The number of nitrogens with one attached hydrogen (secondary N) is 1. The Balaban J connectivity index is 3.02. The molecule has 0 atom stereocenters. The van der Waals surface area contributed by atoms with Gasteiger partial charge < -0.3 is 5.32 Å². The minimum absolute atomic E-state index is 0.0236. The highest BCUT2D eigenvalue weighted by Crippen LogP contribution is 2.33. The minimum Gasteiger partial charge on any atom is -0.370 e. The molecule has 1 aromatic rings. The van der Waals surface area contributed by atoms with Gasteiger partial charge in [-0.05, 0) is 6.42 Å². The summed E-state index contributed by atoms with van der Waals surface area (Å²) < 4.78 is -0.0236. The number of pyridine rings is 1. The van der Waals surface area contributed by atoms with Gasteiger partial charge in [-0.1, -0.05) is 27.7 Å². The van der Waals surface area contributed by atoms with Crippen molar-refractivity contribution < 1.29 is 4.92 Å². The maximum Gasteiger partial charge on any atom is 0.275 e. The van der Waals surface area contributed by atoms with Gasteiger partial charge in [-0.2, -0.15) is 0 Å².